The first kappa shape index (κ1) is 25.8. The van der Waals surface area contributed by atoms with Gasteiger partial charge in [-0.25, -0.2) is 13.8 Å². The maximum atomic E-state index is 13.4. The van der Waals surface area contributed by atoms with Crippen LogP contribution in [0.15, 0.2) is 88.9 Å². The zero-order chi connectivity index (χ0) is 25.3. The van der Waals surface area contributed by atoms with Crippen LogP contribution in [0.2, 0.25) is 0 Å². The smallest absolute Gasteiger partial charge is 0.255 e. The van der Waals surface area contributed by atoms with Crippen LogP contribution in [-0.4, -0.2) is 37.3 Å². The minimum atomic E-state index is -4.02. The molecule has 0 saturated carbocycles. The highest BCUT2D eigenvalue weighted by atomic mass is 32.2. The summed E-state index contributed by atoms with van der Waals surface area (Å²) in [4.78, 5) is 23.9. The normalized spacial score (nSPS) is 11.5. The number of aryl methyl sites for hydroxylation is 1. The van der Waals surface area contributed by atoms with Crippen molar-refractivity contribution in [1.82, 2.24) is 9.73 Å². The van der Waals surface area contributed by atoms with Gasteiger partial charge in [0.2, 0.25) is 15.9 Å². The standard InChI is InChI=1S/C26H28N4O4S/c1-3-21-9-11-22(12-10-21)17-27-29-26(32)19-30(18-23-7-5-4-6-8-23)35(33,34)25-15-13-24(14-16-25)28-20(2)31/h4-17H,3,18-19H2,1-2H3,(H,28,31)(H,29,32)/b27-17-. The predicted octanol–water partition coefficient (Wildman–Crippen LogP) is 3.55. The first-order valence-corrected chi connectivity index (χ1v) is 12.5. The van der Waals surface area contributed by atoms with Crippen LogP contribution >= 0.6 is 0 Å². The summed E-state index contributed by atoms with van der Waals surface area (Å²) in [6.45, 7) is 3.02. The number of sulfonamides is 1. The molecule has 3 aromatic carbocycles. The molecule has 0 bridgehead atoms. The van der Waals surface area contributed by atoms with E-state index in [4.69, 9.17) is 0 Å². The SMILES string of the molecule is CCc1ccc(/C=N\NC(=O)CN(Cc2ccccc2)S(=O)(=O)c2ccc(NC(C)=O)cc2)cc1. The number of rotatable bonds is 10. The van der Waals surface area contributed by atoms with E-state index in [1.165, 1.54) is 43.0 Å². The van der Waals surface area contributed by atoms with Gasteiger partial charge in [0, 0.05) is 19.2 Å². The fourth-order valence-corrected chi connectivity index (χ4v) is 4.67. The molecule has 182 valence electrons. The predicted molar refractivity (Wildman–Crippen MR) is 136 cm³/mol. The van der Waals surface area contributed by atoms with Crippen LogP contribution in [0.1, 0.15) is 30.5 Å². The third-order valence-corrected chi connectivity index (χ3v) is 6.93. The van der Waals surface area contributed by atoms with Gasteiger partial charge in [0.15, 0.2) is 0 Å². The van der Waals surface area contributed by atoms with Gasteiger partial charge in [0.25, 0.3) is 5.91 Å². The van der Waals surface area contributed by atoms with Gasteiger partial charge in [0.1, 0.15) is 0 Å². The molecule has 0 aliphatic carbocycles. The molecule has 9 heteroatoms. The minimum Gasteiger partial charge on any atom is -0.326 e. The Balaban J connectivity index is 1.76. The maximum absolute atomic E-state index is 13.4. The summed E-state index contributed by atoms with van der Waals surface area (Å²) in [5, 5.41) is 6.57. The van der Waals surface area contributed by atoms with Crippen LogP contribution in [0.3, 0.4) is 0 Å². The summed E-state index contributed by atoms with van der Waals surface area (Å²) in [7, 11) is -4.02. The van der Waals surface area contributed by atoms with Crippen LogP contribution in [-0.2, 0) is 32.6 Å². The van der Waals surface area contributed by atoms with E-state index >= 15 is 0 Å². The quantitative estimate of drug-likeness (QED) is 0.333. The molecule has 0 aromatic heterocycles. The number of nitrogens with zero attached hydrogens (tertiary/aromatic N) is 2. The molecule has 3 aromatic rings. The van der Waals surface area contributed by atoms with Crippen molar-refractivity contribution in [3.63, 3.8) is 0 Å². The second-order valence-electron chi connectivity index (χ2n) is 7.85. The molecule has 0 spiro atoms. The van der Waals surface area contributed by atoms with E-state index < -0.39 is 22.5 Å². The van der Waals surface area contributed by atoms with Gasteiger partial charge in [-0.1, -0.05) is 61.5 Å². The van der Waals surface area contributed by atoms with Crippen LogP contribution in [0.4, 0.5) is 5.69 Å². The molecule has 0 atom stereocenters. The summed E-state index contributed by atoms with van der Waals surface area (Å²) in [6, 6.07) is 22.6. The highest BCUT2D eigenvalue weighted by molar-refractivity contribution is 7.89. The molecule has 35 heavy (non-hydrogen) atoms. The molecule has 8 nitrogen and oxygen atoms in total. The molecular weight excluding hydrogens is 464 g/mol. The van der Waals surface area contributed by atoms with Crippen LogP contribution in [0, 0.1) is 0 Å². The van der Waals surface area contributed by atoms with Gasteiger partial charge in [-0.3, -0.25) is 9.59 Å². The molecule has 0 saturated heterocycles. The zero-order valence-corrected chi connectivity index (χ0v) is 20.5. The Morgan fingerprint density at radius 2 is 1.57 bits per heavy atom. The summed E-state index contributed by atoms with van der Waals surface area (Å²) >= 11 is 0. The Labute approximate surface area is 205 Å². The number of hydrazone groups is 1. The van der Waals surface area contributed by atoms with Gasteiger partial charge in [-0.2, -0.15) is 9.41 Å². The minimum absolute atomic E-state index is 0.00619. The summed E-state index contributed by atoms with van der Waals surface area (Å²) in [5.41, 5.74) is 5.63. The molecule has 2 N–H and O–H groups in total. The molecule has 0 aliphatic rings. The van der Waals surface area contributed by atoms with Gasteiger partial charge in [-0.15, -0.1) is 0 Å². The molecule has 3 rings (SSSR count). The van der Waals surface area contributed by atoms with E-state index in [0.717, 1.165) is 21.9 Å². The maximum Gasteiger partial charge on any atom is 0.255 e. The lowest BCUT2D eigenvalue weighted by Crippen LogP contribution is -2.39. The topological polar surface area (TPSA) is 108 Å². The third-order valence-electron chi connectivity index (χ3n) is 5.13. The third kappa shape index (κ3) is 7.59. The van der Waals surface area contributed by atoms with Crippen molar-refractivity contribution in [1.29, 1.82) is 0 Å². The second-order valence-corrected chi connectivity index (χ2v) is 9.79. The van der Waals surface area contributed by atoms with Crippen LogP contribution in [0.5, 0.6) is 0 Å². The molecule has 0 radical (unpaired) electrons. The van der Waals surface area contributed by atoms with Crippen molar-refractivity contribution in [3.05, 3.63) is 95.6 Å². The average molecular weight is 493 g/mol. The van der Waals surface area contributed by atoms with Gasteiger partial charge in [0.05, 0.1) is 17.7 Å². The van der Waals surface area contributed by atoms with Crippen molar-refractivity contribution in [3.8, 4) is 0 Å². The number of carbonyl (C=O) groups is 2. The van der Waals surface area contributed by atoms with E-state index in [1.54, 1.807) is 24.3 Å². The summed E-state index contributed by atoms with van der Waals surface area (Å²) in [5.74, 6) is -0.828. The Morgan fingerprint density at radius 3 is 2.17 bits per heavy atom. The summed E-state index contributed by atoms with van der Waals surface area (Å²) in [6.07, 6.45) is 2.43. The number of nitrogens with one attached hydrogen (secondary N) is 2. The van der Waals surface area contributed by atoms with Gasteiger partial charge in [-0.05, 0) is 47.4 Å². The molecule has 2 amide bonds. The first-order chi connectivity index (χ1) is 16.8. The van der Waals surface area contributed by atoms with Crippen molar-refractivity contribution in [2.24, 2.45) is 5.10 Å². The van der Waals surface area contributed by atoms with Gasteiger partial charge >= 0.3 is 0 Å². The molecule has 0 unspecified atom stereocenters. The highest BCUT2D eigenvalue weighted by Crippen LogP contribution is 2.20. The highest BCUT2D eigenvalue weighted by Gasteiger charge is 2.27. The fraction of sp³-hybridized carbons (Fsp3) is 0.192. The Kier molecular flexibility index (Phi) is 8.88. The van der Waals surface area contributed by atoms with E-state index in [9.17, 15) is 18.0 Å². The Bertz CT molecular complexity index is 1270. The van der Waals surface area contributed by atoms with Gasteiger partial charge < -0.3 is 5.32 Å². The largest absolute Gasteiger partial charge is 0.326 e. The second kappa shape index (κ2) is 12.0. The van der Waals surface area contributed by atoms with Crippen molar-refractivity contribution < 1.29 is 18.0 Å². The van der Waals surface area contributed by atoms with E-state index in [1.807, 2.05) is 30.3 Å². The van der Waals surface area contributed by atoms with E-state index in [0.29, 0.717) is 5.69 Å². The molecule has 0 heterocycles. The Hall–Kier alpha value is -3.82. The summed E-state index contributed by atoms with van der Waals surface area (Å²) < 4.78 is 27.9. The zero-order valence-electron chi connectivity index (χ0n) is 19.6. The first-order valence-electron chi connectivity index (χ1n) is 11.1. The number of hydrogen-bond acceptors (Lipinski definition) is 5. The lowest BCUT2D eigenvalue weighted by atomic mass is 10.1. The van der Waals surface area contributed by atoms with Crippen LogP contribution in [0.25, 0.3) is 0 Å². The molecule has 0 fully saturated rings. The van der Waals surface area contributed by atoms with E-state index in [-0.39, 0.29) is 17.3 Å². The fourth-order valence-electron chi connectivity index (χ4n) is 3.29. The lowest BCUT2D eigenvalue weighted by Gasteiger charge is -2.21. The molecule has 0 aliphatic heterocycles. The number of hydrogen-bond donors (Lipinski definition) is 2. The van der Waals surface area contributed by atoms with Crippen molar-refractivity contribution in [2.75, 3.05) is 11.9 Å². The van der Waals surface area contributed by atoms with E-state index in [2.05, 4.69) is 22.8 Å². The lowest BCUT2D eigenvalue weighted by molar-refractivity contribution is -0.121. The van der Waals surface area contributed by atoms with Crippen LogP contribution < -0.4 is 10.7 Å². The monoisotopic (exact) mass is 492 g/mol. The van der Waals surface area contributed by atoms with Crippen molar-refractivity contribution in [2.45, 2.75) is 31.7 Å². The molecular formula is C26H28N4O4S. The number of anilines is 1. The average Bonchev–Trinajstić information content (AvgIpc) is 2.84. The Morgan fingerprint density at radius 1 is 0.914 bits per heavy atom. The number of benzene rings is 3. The number of amides is 2. The van der Waals surface area contributed by atoms with Crippen molar-refractivity contribution >= 4 is 33.7 Å². The number of carbonyl (C=O) groups excluding carboxylic acids is 2.